The number of hydrogen-bond acceptors (Lipinski definition) is 21. The number of H-pyrrole nitrogens is 2. The molecule has 1 fully saturated rings. The average Bonchev–Trinajstić information content (AvgIpc) is 1.10. The third-order valence-corrected chi connectivity index (χ3v) is 16.9. The average molecular weight is 1780 g/mol. The number of aromatic nitrogens is 8. The van der Waals surface area contributed by atoms with E-state index in [-0.39, 0.29) is 163 Å². The Balaban J connectivity index is 0.00000128. The van der Waals surface area contributed by atoms with Crippen LogP contribution < -0.4 is 108 Å². The van der Waals surface area contributed by atoms with Crippen LogP contribution in [0.15, 0.2) is 141 Å². The van der Waals surface area contributed by atoms with Gasteiger partial charge in [-0.25, -0.2) is 36.7 Å². The van der Waals surface area contributed by atoms with E-state index in [1.807, 2.05) is 0 Å². The number of halogens is 8. The Labute approximate surface area is 690 Å². The van der Waals surface area contributed by atoms with Crippen LogP contribution >= 0.6 is 63.7 Å². The molecule has 0 spiro atoms. The van der Waals surface area contributed by atoms with Crippen molar-refractivity contribution in [3.8, 4) is 40.5 Å². The zero-order chi connectivity index (χ0) is 79.4. The van der Waals surface area contributed by atoms with Crippen LogP contribution in [0.3, 0.4) is 0 Å². The minimum Gasteiger partial charge on any atom is -0.870 e. The topological polar surface area (TPSA) is 450 Å². The van der Waals surface area contributed by atoms with E-state index in [9.17, 15) is 75.6 Å². The Kier molecular flexibility index (Phi) is 43.9. The van der Waals surface area contributed by atoms with Crippen molar-refractivity contribution in [2.45, 2.75) is 60.0 Å². The Morgan fingerprint density at radius 2 is 1.08 bits per heavy atom. The summed E-state index contributed by atoms with van der Waals surface area (Å²) < 4.78 is 75.3. The molecule has 1 aliphatic heterocycles. The van der Waals surface area contributed by atoms with Crippen molar-refractivity contribution in [2.24, 2.45) is 48.0 Å². The summed E-state index contributed by atoms with van der Waals surface area (Å²) in [7, 11) is 13.7. The van der Waals surface area contributed by atoms with Gasteiger partial charge >= 0.3 is 80.4 Å². The molecular weight excluding hydrogens is 1710 g/mol. The summed E-state index contributed by atoms with van der Waals surface area (Å²) in [6.07, 6.45) is 3.92. The summed E-state index contributed by atoms with van der Waals surface area (Å²) >= 11 is 12.9. The molecule has 1 aliphatic rings. The maximum atomic E-state index is 13.8. The van der Waals surface area contributed by atoms with Gasteiger partial charge in [0.15, 0.2) is 6.29 Å². The van der Waals surface area contributed by atoms with Crippen molar-refractivity contribution in [3.05, 3.63) is 231 Å². The van der Waals surface area contributed by atoms with Gasteiger partial charge < -0.3 is 46.2 Å². The van der Waals surface area contributed by atoms with E-state index in [0.717, 1.165) is 48.4 Å². The van der Waals surface area contributed by atoms with Crippen LogP contribution in [0.5, 0.6) is 0 Å². The normalized spacial score (nSPS) is 11.3. The van der Waals surface area contributed by atoms with E-state index in [1.54, 1.807) is 39.0 Å². The second-order valence-corrected chi connectivity index (χ2v) is 24.5. The van der Waals surface area contributed by atoms with Crippen LogP contribution in [0, 0.1) is 57.3 Å². The summed E-state index contributed by atoms with van der Waals surface area (Å²) in [6.45, 7) is 6.51. The number of aliphatic hydroxyl groups is 1. The van der Waals surface area contributed by atoms with Gasteiger partial charge in [0.05, 0.1) is 30.1 Å². The molecule has 1 atom stereocenters. The largest absolute Gasteiger partial charge is 1.00 e. The van der Waals surface area contributed by atoms with Crippen molar-refractivity contribution >= 4 is 124 Å². The number of nitrogens with two attached hydrogens (primary N) is 2. The van der Waals surface area contributed by atoms with Gasteiger partial charge in [-0.3, -0.25) is 61.0 Å². The second-order valence-electron chi connectivity index (χ2n) is 21.1. The summed E-state index contributed by atoms with van der Waals surface area (Å²) in [6, 6.07) is 22.0. The third kappa shape index (κ3) is 26.8. The van der Waals surface area contributed by atoms with E-state index >= 15 is 0 Å². The standard InChI is InChI=1S/C16H14BrFN4O3.C16H10BrFN4O3.C12H9BrFNO2.C7H4BrFO.C6H9N3O2.C5H7NO2.C4H7BO.C2H6O.CH4.K.H2O/c2*1-21-13-12(15(24)22(2)16(21)25)11(9(6-19)14(23)20-13)8-5-7(18)3-4-10(8)17;1-2-17-12(16)9(7-15)5-8-6-10(14)3-4-11(8)13;8-7-2-1-6(9)3-5(7)4-10;1-8-4(7)3-5(10)9(2)6(8)11;1-2-8-5(7)3-4-6;5-4-2-1-3-6-4;1-2-3;;;/h3-5H,6,19H2,1-2H3,(H,20,23);3-5H,1-2H3,(H,20,23);3-6H,2H2,1H3;1-4H;3H,7H2,1-2H3;2-3H2,1H3;4H,1-3H2;3H,2H2,1H3;1H4;;1H2/q;;;;;;;;;+1;/p-1/b;;9-5+;;;;;;;;. The molecule has 9 aromatic rings. The van der Waals surface area contributed by atoms with Crippen molar-refractivity contribution in [1.29, 1.82) is 15.8 Å². The summed E-state index contributed by atoms with van der Waals surface area (Å²) in [5.41, 5.74) is 7.49. The van der Waals surface area contributed by atoms with Crippen molar-refractivity contribution in [3.63, 3.8) is 0 Å². The zero-order valence-corrected chi connectivity index (χ0v) is 68.3. The van der Waals surface area contributed by atoms with Crippen LogP contribution in [-0.4, -0.2) is 106 Å². The Bertz CT molecular complexity index is 5410. The molecule has 39 heteroatoms. The summed E-state index contributed by atoms with van der Waals surface area (Å²) in [5, 5.41) is 33.8. The van der Waals surface area contributed by atoms with Gasteiger partial charge in [0, 0.05) is 125 Å². The first kappa shape index (κ1) is 99.1. The fourth-order valence-electron chi connectivity index (χ4n) is 8.89. The maximum absolute atomic E-state index is 13.8. The quantitative estimate of drug-likeness (QED) is 0.0327. The summed E-state index contributed by atoms with van der Waals surface area (Å²) in [4.78, 5) is 133. The number of nitrogens with zero attached hydrogens (tertiary/aromatic N) is 9. The molecule has 6 heterocycles. The van der Waals surface area contributed by atoms with Crippen LogP contribution in [0.2, 0.25) is 0 Å². The van der Waals surface area contributed by atoms with Gasteiger partial charge in [0.2, 0.25) is 0 Å². The van der Waals surface area contributed by atoms with Gasteiger partial charge in [-0.05, 0) is 118 Å². The summed E-state index contributed by atoms with van der Waals surface area (Å²) in [5.74, 6) is -2.96. The number of nitrogens with one attached hydrogen (secondary N) is 2. The molecule has 0 saturated carbocycles. The number of esters is 2. The first-order chi connectivity index (χ1) is 49.5. The van der Waals surface area contributed by atoms with Crippen molar-refractivity contribution in [1.82, 2.24) is 37.4 Å². The first-order valence-electron chi connectivity index (χ1n) is 30.4. The van der Waals surface area contributed by atoms with Crippen molar-refractivity contribution in [2.75, 3.05) is 32.2 Å². The first-order valence-corrected chi connectivity index (χ1v) is 33.6. The number of anilines is 1. The number of nitrogen functional groups attached to an aromatic ring is 1. The molecule has 108 heavy (non-hydrogen) atoms. The van der Waals surface area contributed by atoms with Crippen LogP contribution in [0.25, 0.3) is 50.4 Å². The number of ether oxygens (including phenoxy) is 3. The van der Waals surface area contributed by atoms with Gasteiger partial charge in [0.1, 0.15) is 77.9 Å². The molecule has 2 radical (unpaired) electrons. The number of carbonyl (C=O) groups excluding carboxylic acids is 3. The zero-order valence-electron chi connectivity index (χ0n) is 58.8. The smallest absolute Gasteiger partial charge is 0.870 e. The number of hydrogen-bond donors (Lipinski definition) is 5. The number of pyridine rings is 2. The number of fused-ring (bicyclic) bond motifs is 2. The monoisotopic (exact) mass is 1780 g/mol. The van der Waals surface area contributed by atoms with Crippen LogP contribution in [0.1, 0.15) is 74.5 Å². The van der Waals surface area contributed by atoms with Gasteiger partial charge in [-0.2, -0.15) is 15.8 Å². The maximum Gasteiger partial charge on any atom is 1.00 e. The number of aryl methyl sites for hydroxylation is 2. The Morgan fingerprint density at radius 1 is 0.657 bits per heavy atom. The number of rotatable bonds is 9. The van der Waals surface area contributed by atoms with E-state index in [4.69, 9.17) is 44.4 Å². The minimum atomic E-state index is -0.774. The molecule has 29 nitrogen and oxygen atoms in total. The fraction of sp³-hybridized carbons (Fsp3) is 0.275. The Morgan fingerprint density at radius 3 is 1.48 bits per heavy atom. The van der Waals surface area contributed by atoms with Gasteiger partial charge in [-0.15, -0.1) is 0 Å². The molecule has 0 amide bonds. The van der Waals surface area contributed by atoms with Gasteiger partial charge in [0.25, 0.3) is 27.8 Å². The number of nitriles is 3. The molecule has 1 unspecified atom stereocenters. The molecule has 8 N–H and O–H groups in total. The number of aldehydes is 1. The molecule has 4 aromatic carbocycles. The Hall–Kier alpha value is -8.86. The molecular formula is C69H71BBr4F4KN13O16. The SMILES string of the molecule is C.CCO.CCOC(=O)/C(C#N)=C/c1cc(F)ccc1Br.CCOC(=O)CC#N.Cn1c(=O)c2c(-c3cc(F)ccc3Br)c(C#N)c(=O)[nH]c2n(C)c1=O.Cn1c(=O)c2c(-c3cc(F)ccc3Br)c(CN)c(=O)[nH]c2n(C)c1=O.Cn1c(N)cc(=O)n(C)c1=O.O=Cc1cc(F)ccc1Br.[B]C1CCCO1.[K+].[OH-]. The van der Waals surface area contributed by atoms with Gasteiger partial charge in [-0.1, -0.05) is 71.1 Å². The molecule has 568 valence electrons. The molecule has 0 aliphatic carbocycles. The van der Waals surface area contributed by atoms with E-state index in [0.29, 0.717) is 47.5 Å². The second kappa shape index (κ2) is 47.8. The number of aromatic amines is 2. The van der Waals surface area contributed by atoms with Crippen molar-refractivity contribution < 1.29 is 108 Å². The van der Waals surface area contributed by atoms with E-state index < -0.39 is 74.5 Å². The number of aliphatic hydroxyl groups excluding tert-OH is 1. The third-order valence-electron chi connectivity index (χ3n) is 14.1. The molecule has 5 aromatic heterocycles. The fourth-order valence-corrected chi connectivity index (χ4v) is 10.5. The minimum absolute atomic E-state index is 0. The molecule has 0 bridgehead atoms. The number of benzene rings is 4. The van der Waals surface area contributed by atoms with Crippen LogP contribution in [0.4, 0.5) is 23.4 Å². The predicted octanol–water partition coefficient (Wildman–Crippen LogP) is 4.66. The van der Waals surface area contributed by atoms with Crippen LogP contribution in [-0.2, 0) is 72.6 Å². The van der Waals surface area contributed by atoms with E-state index in [1.165, 1.54) is 126 Å². The molecule has 1 saturated heterocycles. The molecule has 10 rings (SSSR count). The number of carbonyl (C=O) groups is 3. The van der Waals surface area contributed by atoms with E-state index in [2.05, 4.69) is 78.4 Å². The predicted molar refractivity (Wildman–Crippen MR) is 407 cm³/mol.